The highest BCUT2D eigenvalue weighted by Gasteiger charge is 2.38. The third-order valence-corrected chi connectivity index (χ3v) is 6.57. The number of nitrogens with zero attached hydrogens (tertiary/aromatic N) is 1. The van der Waals surface area contributed by atoms with Crippen molar-refractivity contribution < 1.29 is 17.9 Å². The van der Waals surface area contributed by atoms with E-state index in [4.69, 9.17) is 15.2 Å². The van der Waals surface area contributed by atoms with Crippen molar-refractivity contribution in [2.75, 3.05) is 32.9 Å². The zero-order chi connectivity index (χ0) is 19.3. The Labute approximate surface area is 173 Å². The number of rotatable bonds is 8. The molecule has 0 radical (unpaired) electrons. The van der Waals surface area contributed by atoms with Crippen LogP contribution in [0, 0.1) is 0 Å². The van der Waals surface area contributed by atoms with E-state index in [-0.39, 0.29) is 29.3 Å². The molecule has 0 bridgehead atoms. The number of hydrogen-bond acceptors (Lipinski definition) is 5. The average molecular weight is 427 g/mol. The lowest BCUT2D eigenvalue weighted by molar-refractivity contribution is 0.110. The Balaban J connectivity index is 0.00000280. The van der Waals surface area contributed by atoms with Crippen LogP contribution >= 0.6 is 12.4 Å². The van der Waals surface area contributed by atoms with Gasteiger partial charge in [0.05, 0.1) is 11.5 Å². The number of ether oxygens (including phenoxy) is 2. The van der Waals surface area contributed by atoms with Crippen LogP contribution in [-0.4, -0.2) is 51.7 Å². The van der Waals surface area contributed by atoms with E-state index in [0.717, 1.165) is 5.56 Å². The minimum atomic E-state index is -3.59. The standard InChI is InChI=1S/C20H26N2O4S.ClH/c1-2-25-12-13-26-17-8-10-18(11-9-17)27(23,24)22-14-19(20(21)15-22)16-6-4-3-5-7-16;/h3-11,19-20H,2,12-15,21H2,1H3;1H/t19-,20+;/m0./s1. The number of nitrogens with two attached hydrogens (primary N) is 1. The maximum Gasteiger partial charge on any atom is 0.243 e. The SMILES string of the molecule is CCOCCOc1ccc(S(=O)(=O)N2C[C@@H](N)[C@H](c3ccccc3)C2)cc1.Cl. The maximum atomic E-state index is 13.0. The van der Waals surface area contributed by atoms with Crippen LogP contribution in [0.25, 0.3) is 0 Å². The highest BCUT2D eigenvalue weighted by molar-refractivity contribution is 7.89. The van der Waals surface area contributed by atoms with Gasteiger partial charge in [0.15, 0.2) is 0 Å². The van der Waals surface area contributed by atoms with Gasteiger partial charge < -0.3 is 15.2 Å². The summed E-state index contributed by atoms with van der Waals surface area (Å²) in [7, 11) is -3.59. The van der Waals surface area contributed by atoms with Gasteiger partial charge in [-0.2, -0.15) is 4.31 Å². The second kappa shape index (κ2) is 10.2. The quantitative estimate of drug-likeness (QED) is 0.656. The second-order valence-electron chi connectivity index (χ2n) is 6.52. The Morgan fingerprint density at radius 2 is 1.71 bits per heavy atom. The Morgan fingerprint density at radius 1 is 1.04 bits per heavy atom. The summed E-state index contributed by atoms with van der Waals surface area (Å²) in [5, 5.41) is 0. The summed E-state index contributed by atoms with van der Waals surface area (Å²) in [6.45, 7) is 4.20. The molecule has 0 spiro atoms. The van der Waals surface area contributed by atoms with E-state index in [1.54, 1.807) is 24.3 Å². The van der Waals surface area contributed by atoms with Crippen LogP contribution in [0.1, 0.15) is 18.4 Å². The largest absolute Gasteiger partial charge is 0.491 e. The van der Waals surface area contributed by atoms with E-state index in [9.17, 15) is 8.42 Å². The molecule has 1 saturated heterocycles. The molecule has 1 heterocycles. The van der Waals surface area contributed by atoms with E-state index in [1.807, 2.05) is 37.3 Å². The van der Waals surface area contributed by atoms with Crippen LogP contribution < -0.4 is 10.5 Å². The van der Waals surface area contributed by atoms with E-state index in [0.29, 0.717) is 38.7 Å². The van der Waals surface area contributed by atoms with Crippen LogP contribution in [0.2, 0.25) is 0 Å². The molecule has 6 nitrogen and oxygen atoms in total. The van der Waals surface area contributed by atoms with Crippen molar-refractivity contribution in [2.24, 2.45) is 5.73 Å². The minimum Gasteiger partial charge on any atom is -0.491 e. The van der Waals surface area contributed by atoms with Gasteiger partial charge in [0.2, 0.25) is 10.0 Å². The minimum absolute atomic E-state index is 0. The van der Waals surface area contributed by atoms with Gasteiger partial charge in [-0.1, -0.05) is 30.3 Å². The topological polar surface area (TPSA) is 81.9 Å². The van der Waals surface area contributed by atoms with Gasteiger partial charge in [-0.15, -0.1) is 12.4 Å². The summed E-state index contributed by atoms with van der Waals surface area (Å²) in [6, 6.07) is 16.1. The Kier molecular flexibility index (Phi) is 8.27. The van der Waals surface area contributed by atoms with Gasteiger partial charge in [0.1, 0.15) is 12.4 Å². The van der Waals surface area contributed by atoms with Gasteiger partial charge in [0, 0.05) is 31.7 Å². The van der Waals surface area contributed by atoms with E-state index in [1.165, 1.54) is 4.31 Å². The van der Waals surface area contributed by atoms with Gasteiger partial charge in [0.25, 0.3) is 0 Å². The van der Waals surface area contributed by atoms with Crippen molar-refractivity contribution in [3.8, 4) is 5.75 Å². The van der Waals surface area contributed by atoms with Crippen LogP contribution in [0.4, 0.5) is 0 Å². The molecule has 0 aliphatic carbocycles. The Bertz CT molecular complexity index is 831. The third kappa shape index (κ3) is 5.24. The normalized spacial score (nSPS) is 19.9. The van der Waals surface area contributed by atoms with Gasteiger partial charge in [-0.3, -0.25) is 0 Å². The first-order chi connectivity index (χ1) is 13.0. The first-order valence-corrected chi connectivity index (χ1v) is 10.6. The van der Waals surface area contributed by atoms with Gasteiger partial charge >= 0.3 is 0 Å². The smallest absolute Gasteiger partial charge is 0.243 e. The Hall–Kier alpha value is -1.64. The third-order valence-electron chi connectivity index (χ3n) is 4.72. The first kappa shape index (κ1) is 22.6. The molecule has 2 aromatic carbocycles. The summed E-state index contributed by atoms with van der Waals surface area (Å²) < 4.78 is 38.2. The number of hydrogen-bond donors (Lipinski definition) is 1. The molecule has 1 fully saturated rings. The van der Waals surface area contributed by atoms with Crippen LogP contribution in [0.15, 0.2) is 59.5 Å². The zero-order valence-electron chi connectivity index (χ0n) is 15.9. The number of benzene rings is 2. The molecule has 0 unspecified atom stereocenters. The molecule has 2 aromatic rings. The van der Waals surface area contributed by atoms with Crippen molar-refractivity contribution in [1.82, 2.24) is 4.31 Å². The summed E-state index contributed by atoms with van der Waals surface area (Å²) >= 11 is 0. The molecule has 1 aliphatic rings. The summed E-state index contributed by atoms with van der Waals surface area (Å²) in [4.78, 5) is 0.251. The molecule has 154 valence electrons. The van der Waals surface area contributed by atoms with Gasteiger partial charge in [-0.05, 0) is 36.8 Å². The molecular weight excluding hydrogens is 400 g/mol. The summed E-state index contributed by atoms with van der Waals surface area (Å²) in [5.74, 6) is 0.621. The molecule has 8 heteroatoms. The molecule has 1 aliphatic heterocycles. The van der Waals surface area contributed by atoms with E-state index >= 15 is 0 Å². The first-order valence-electron chi connectivity index (χ1n) is 9.13. The molecule has 3 rings (SSSR count). The molecular formula is C20H27ClN2O4S. The fourth-order valence-electron chi connectivity index (χ4n) is 3.26. The molecule has 0 saturated carbocycles. The van der Waals surface area contributed by atoms with Gasteiger partial charge in [-0.25, -0.2) is 8.42 Å². The monoisotopic (exact) mass is 426 g/mol. The molecule has 0 amide bonds. The summed E-state index contributed by atoms with van der Waals surface area (Å²) in [6.07, 6.45) is 0. The molecule has 2 N–H and O–H groups in total. The highest BCUT2D eigenvalue weighted by atomic mass is 35.5. The van der Waals surface area contributed by atoms with Crippen molar-refractivity contribution in [3.63, 3.8) is 0 Å². The summed E-state index contributed by atoms with van der Waals surface area (Å²) in [5.41, 5.74) is 7.31. The zero-order valence-corrected chi connectivity index (χ0v) is 17.5. The van der Waals surface area contributed by atoms with Crippen molar-refractivity contribution in [1.29, 1.82) is 0 Å². The highest BCUT2D eigenvalue weighted by Crippen LogP contribution is 2.30. The van der Waals surface area contributed by atoms with E-state index < -0.39 is 10.0 Å². The average Bonchev–Trinajstić information content (AvgIpc) is 3.09. The van der Waals surface area contributed by atoms with Crippen molar-refractivity contribution >= 4 is 22.4 Å². The predicted molar refractivity (Wildman–Crippen MR) is 112 cm³/mol. The maximum absolute atomic E-state index is 13.0. The van der Waals surface area contributed by atoms with Crippen LogP contribution in [0.3, 0.4) is 0 Å². The lowest BCUT2D eigenvalue weighted by Crippen LogP contribution is -2.32. The number of sulfonamides is 1. The van der Waals surface area contributed by atoms with Crippen molar-refractivity contribution in [3.05, 3.63) is 60.2 Å². The van der Waals surface area contributed by atoms with Crippen LogP contribution in [-0.2, 0) is 14.8 Å². The predicted octanol–water partition coefficient (Wildman–Crippen LogP) is 2.64. The number of halogens is 1. The fourth-order valence-corrected chi connectivity index (χ4v) is 4.76. The second-order valence-corrected chi connectivity index (χ2v) is 8.46. The molecule has 0 aromatic heterocycles. The lowest BCUT2D eigenvalue weighted by Gasteiger charge is -2.17. The molecule has 28 heavy (non-hydrogen) atoms. The fraction of sp³-hybridized carbons (Fsp3) is 0.400. The lowest BCUT2D eigenvalue weighted by atomic mass is 9.95. The Morgan fingerprint density at radius 3 is 2.36 bits per heavy atom. The van der Waals surface area contributed by atoms with Crippen molar-refractivity contribution in [2.45, 2.75) is 23.8 Å². The van der Waals surface area contributed by atoms with E-state index in [2.05, 4.69) is 0 Å². The molecule has 2 atom stereocenters. The van der Waals surface area contributed by atoms with Crippen LogP contribution in [0.5, 0.6) is 5.75 Å².